The Morgan fingerprint density at radius 2 is 2.43 bits per heavy atom. The van der Waals surface area contributed by atoms with Crippen LogP contribution in [0.5, 0.6) is 5.88 Å². The first-order valence-electron chi connectivity index (χ1n) is 5.11. The maximum absolute atomic E-state index is 5.35. The summed E-state index contributed by atoms with van der Waals surface area (Å²) in [6.07, 6.45) is 2.09. The predicted molar refractivity (Wildman–Crippen MR) is 54.5 cm³/mol. The molecule has 2 rings (SSSR count). The molecule has 1 aromatic heterocycles. The van der Waals surface area contributed by atoms with E-state index in [2.05, 4.69) is 17.3 Å². The first-order valence-corrected chi connectivity index (χ1v) is 5.11. The smallest absolute Gasteiger partial charge is 0.214 e. The molecule has 0 amide bonds. The van der Waals surface area contributed by atoms with Gasteiger partial charge in [0.25, 0.3) is 0 Å². The standard InChI is InChI=1S/C10H17N3O/c1-4-8-9-7(5-6-11-8)10(14-3)13(2)12-9/h8,11H,4-6H2,1-3H3. The summed E-state index contributed by atoms with van der Waals surface area (Å²) in [5.41, 5.74) is 2.44. The van der Waals surface area contributed by atoms with E-state index in [1.807, 2.05) is 11.7 Å². The molecule has 1 aliphatic rings. The van der Waals surface area contributed by atoms with Gasteiger partial charge in [-0.15, -0.1) is 0 Å². The highest BCUT2D eigenvalue weighted by Gasteiger charge is 2.25. The normalized spacial score (nSPS) is 20.6. The summed E-state index contributed by atoms with van der Waals surface area (Å²) in [5.74, 6) is 0.917. The lowest BCUT2D eigenvalue weighted by Gasteiger charge is -2.21. The zero-order valence-electron chi connectivity index (χ0n) is 9.00. The minimum Gasteiger partial charge on any atom is -0.481 e. The van der Waals surface area contributed by atoms with Gasteiger partial charge in [0.1, 0.15) is 0 Å². The van der Waals surface area contributed by atoms with Crippen LogP contribution in [-0.4, -0.2) is 23.4 Å². The van der Waals surface area contributed by atoms with Gasteiger partial charge in [-0.1, -0.05) is 6.92 Å². The molecule has 0 aliphatic carbocycles. The first kappa shape index (κ1) is 9.52. The summed E-state index contributed by atoms with van der Waals surface area (Å²) in [4.78, 5) is 0. The Balaban J connectivity index is 2.45. The Hall–Kier alpha value is -1.03. The van der Waals surface area contributed by atoms with Crippen LogP contribution in [0.25, 0.3) is 0 Å². The zero-order chi connectivity index (χ0) is 10.1. The molecule has 0 saturated carbocycles. The predicted octanol–water partition coefficient (Wildman–Crippen LogP) is 1.03. The van der Waals surface area contributed by atoms with Crippen LogP contribution in [0.2, 0.25) is 0 Å². The second kappa shape index (κ2) is 3.61. The number of hydrogen-bond donors (Lipinski definition) is 1. The molecule has 0 saturated heterocycles. The van der Waals surface area contributed by atoms with Crippen molar-refractivity contribution in [2.45, 2.75) is 25.8 Å². The molecule has 0 spiro atoms. The van der Waals surface area contributed by atoms with Crippen molar-refractivity contribution >= 4 is 0 Å². The summed E-state index contributed by atoms with van der Waals surface area (Å²) in [7, 11) is 3.64. The molecule has 1 unspecified atom stereocenters. The Morgan fingerprint density at radius 3 is 3.07 bits per heavy atom. The van der Waals surface area contributed by atoms with Gasteiger partial charge >= 0.3 is 0 Å². The third-order valence-electron chi connectivity index (χ3n) is 2.82. The molecule has 78 valence electrons. The summed E-state index contributed by atoms with van der Waals surface area (Å²) in [5, 5.41) is 7.96. The van der Waals surface area contributed by atoms with E-state index in [0.29, 0.717) is 6.04 Å². The largest absolute Gasteiger partial charge is 0.481 e. The Kier molecular flexibility index (Phi) is 2.46. The number of aromatic nitrogens is 2. The highest BCUT2D eigenvalue weighted by atomic mass is 16.5. The van der Waals surface area contributed by atoms with Crippen molar-refractivity contribution in [3.8, 4) is 5.88 Å². The van der Waals surface area contributed by atoms with Gasteiger partial charge in [-0.25, -0.2) is 4.68 Å². The number of aryl methyl sites for hydroxylation is 1. The molecular formula is C10H17N3O. The number of hydrogen-bond acceptors (Lipinski definition) is 3. The molecule has 1 aromatic rings. The van der Waals surface area contributed by atoms with Crippen LogP contribution in [0.15, 0.2) is 0 Å². The molecule has 4 nitrogen and oxygen atoms in total. The first-order chi connectivity index (χ1) is 6.77. The fraction of sp³-hybridized carbons (Fsp3) is 0.700. The number of ether oxygens (including phenoxy) is 1. The van der Waals surface area contributed by atoms with E-state index in [1.165, 1.54) is 5.56 Å². The van der Waals surface area contributed by atoms with Crippen LogP contribution in [0.3, 0.4) is 0 Å². The molecule has 0 fully saturated rings. The average Bonchev–Trinajstić information content (AvgIpc) is 2.52. The van der Waals surface area contributed by atoms with Crippen LogP contribution in [-0.2, 0) is 13.5 Å². The molecule has 1 aliphatic heterocycles. The van der Waals surface area contributed by atoms with Crippen molar-refractivity contribution in [3.05, 3.63) is 11.3 Å². The summed E-state index contributed by atoms with van der Waals surface area (Å²) < 4.78 is 7.18. The lowest BCUT2D eigenvalue weighted by Crippen LogP contribution is -2.29. The SMILES string of the molecule is CCC1NCCc2c1nn(C)c2OC. The Labute approximate surface area is 84.3 Å². The fourth-order valence-corrected chi connectivity index (χ4v) is 2.15. The van der Waals surface area contributed by atoms with E-state index in [4.69, 9.17) is 4.74 Å². The van der Waals surface area contributed by atoms with Gasteiger partial charge in [0.05, 0.1) is 18.8 Å². The summed E-state index contributed by atoms with van der Waals surface area (Å²) >= 11 is 0. The molecule has 4 heteroatoms. The van der Waals surface area contributed by atoms with Crippen LogP contribution < -0.4 is 10.1 Å². The molecule has 1 N–H and O–H groups in total. The van der Waals surface area contributed by atoms with Crippen molar-refractivity contribution in [3.63, 3.8) is 0 Å². The zero-order valence-corrected chi connectivity index (χ0v) is 9.00. The number of rotatable bonds is 2. The average molecular weight is 195 g/mol. The molecule has 0 bridgehead atoms. The molecule has 0 aromatic carbocycles. The van der Waals surface area contributed by atoms with Gasteiger partial charge < -0.3 is 10.1 Å². The van der Waals surface area contributed by atoms with Gasteiger partial charge in [0.2, 0.25) is 5.88 Å². The van der Waals surface area contributed by atoms with Crippen LogP contribution >= 0.6 is 0 Å². The second-order valence-electron chi connectivity index (χ2n) is 3.66. The van der Waals surface area contributed by atoms with Gasteiger partial charge in [0, 0.05) is 19.2 Å². The molecule has 14 heavy (non-hydrogen) atoms. The third-order valence-corrected chi connectivity index (χ3v) is 2.82. The minimum absolute atomic E-state index is 0.397. The van der Waals surface area contributed by atoms with Crippen LogP contribution in [0, 0.1) is 0 Å². The molecule has 2 heterocycles. The quantitative estimate of drug-likeness (QED) is 0.766. The molecule has 0 radical (unpaired) electrons. The van der Waals surface area contributed by atoms with E-state index in [1.54, 1.807) is 7.11 Å². The summed E-state index contributed by atoms with van der Waals surface area (Å²) in [6, 6.07) is 0.397. The van der Waals surface area contributed by atoms with E-state index in [0.717, 1.165) is 31.0 Å². The number of nitrogens with one attached hydrogen (secondary N) is 1. The number of methoxy groups -OCH3 is 1. The maximum Gasteiger partial charge on any atom is 0.214 e. The van der Waals surface area contributed by atoms with E-state index < -0.39 is 0 Å². The Morgan fingerprint density at radius 1 is 1.64 bits per heavy atom. The lowest BCUT2D eigenvalue weighted by molar-refractivity contribution is 0.368. The fourth-order valence-electron chi connectivity index (χ4n) is 2.15. The minimum atomic E-state index is 0.397. The van der Waals surface area contributed by atoms with Crippen molar-refractivity contribution in [2.24, 2.45) is 7.05 Å². The van der Waals surface area contributed by atoms with E-state index >= 15 is 0 Å². The van der Waals surface area contributed by atoms with Gasteiger partial charge in [-0.2, -0.15) is 5.10 Å². The topological polar surface area (TPSA) is 39.1 Å². The van der Waals surface area contributed by atoms with Crippen LogP contribution in [0.1, 0.15) is 30.6 Å². The second-order valence-corrected chi connectivity index (χ2v) is 3.66. The highest BCUT2D eigenvalue weighted by Crippen LogP contribution is 2.30. The van der Waals surface area contributed by atoms with E-state index in [9.17, 15) is 0 Å². The summed E-state index contributed by atoms with van der Waals surface area (Å²) in [6.45, 7) is 3.20. The maximum atomic E-state index is 5.35. The molecular weight excluding hydrogens is 178 g/mol. The lowest BCUT2D eigenvalue weighted by atomic mass is 10.0. The monoisotopic (exact) mass is 195 g/mol. The van der Waals surface area contributed by atoms with Crippen molar-refractivity contribution in [2.75, 3.05) is 13.7 Å². The van der Waals surface area contributed by atoms with Crippen LogP contribution in [0.4, 0.5) is 0 Å². The third kappa shape index (κ3) is 1.30. The molecule has 1 atom stereocenters. The van der Waals surface area contributed by atoms with Crippen molar-refractivity contribution in [1.29, 1.82) is 0 Å². The van der Waals surface area contributed by atoms with Crippen molar-refractivity contribution < 1.29 is 4.74 Å². The highest BCUT2D eigenvalue weighted by molar-refractivity contribution is 5.35. The van der Waals surface area contributed by atoms with Gasteiger partial charge in [-0.3, -0.25) is 0 Å². The Bertz CT molecular complexity index is 332. The number of nitrogens with zero attached hydrogens (tertiary/aromatic N) is 2. The van der Waals surface area contributed by atoms with Gasteiger partial charge in [-0.05, 0) is 12.8 Å². The van der Waals surface area contributed by atoms with Gasteiger partial charge in [0.15, 0.2) is 0 Å². The number of fused-ring (bicyclic) bond motifs is 1. The van der Waals surface area contributed by atoms with E-state index in [-0.39, 0.29) is 0 Å². The van der Waals surface area contributed by atoms with Crippen molar-refractivity contribution in [1.82, 2.24) is 15.1 Å².